The van der Waals surface area contributed by atoms with E-state index in [2.05, 4.69) is 10.4 Å². The summed E-state index contributed by atoms with van der Waals surface area (Å²) in [6.07, 6.45) is 4.00. The Balaban J connectivity index is 1.89. The van der Waals surface area contributed by atoms with Gasteiger partial charge in [0, 0.05) is 19.9 Å². The minimum Gasteiger partial charge on any atom is -0.469 e. The Kier molecular flexibility index (Phi) is 3.13. The van der Waals surface area contributed by atoms with Gasteiger partial charge in [0.25, 0.3) is 0 Å². The molecule has 0 aromatic carbocycles. The van der Waals surface area contributed by atoms with Crippen LogP contribution < -0.4 is 11.1 Å². The zero-order chi connectivity index (χ0) is 12.3. The molecule has 2 rings (SSSR count). The van der Waals surface area contributed by atoms with Crippen LogP contribution in [0.4, 0.5) is 11.5 Å². The maximum Gasteiger partial charge on any atom is 0.226 e. The molecule has 0 saturated heterocycles. The number of nitrogens with zero attached hydrogens (tertiary/aromatic N) is 2. The molecule has 0 aliphatic carbocycles. The number of nitrogens with one attached hydrogen (secondary N) is 1. The van der Waals surface area contributed by atoms with Crippen LogP contribution in [0.3, 0.4) is 0 Å². The highest BCUT2D eigenvalue weighted by atomic mass is 16.3. The molecule has 17 heavy (non-hydrogen) atoms. The van der Waals surface area contributed by atoms with Crippen molar-refractivity contribution in [2.45, 2.75) is 12.8 Å². The molecule has 0 aliphatic heterocycles. The molecular weight excluding hydrogens is 220 g/mol. The van der Waals surface area contributed by atoms with Gasteiger partial charge in [-0.15, -0.1) is 0 Å². The molecule has 2 aromatic heterocycles. The molecule has 0 fully saturated rings. The first-order chi connectivity index (χ1) is 8.16. The first kappa shape index (κ1) is 11.3. The average Bonchev–Trinajstić information content (AvgIpc) is 2.91. The van der Waals surface area contributed by atoms with Gasteiger partial charge in [-0.2, -0.15) is 5.10 Å². The van der Waals surface area contributed by atoms with Gasteiger partial charge in [0.2, 0.25) is 5.91 Å². The number of carbonyl (C=O) groups excluding carboxylic acids is 1. The first-order valence-corrected chi connectivity index (χ1v) is 5.26. The third kappa shape index (κ3) is 2.66. The van der Waals surface area contributed by atoms with Crippen molar-refractivity contribution in [3.05, 3.63) is 30.4 Å². The fraction of sp³-hybridized carbons (Fsp3) is 0.273. The molecule has 2 heterocycles. The van der Waals surface area contributed by atoms with Gasteiger partial charge in [-0.3, -0.25) is 9.48 Å². The molecule has 1 amide bonds. The predicted octanol–water partition coefficient (Wildman–Crippen LogP) is 1.17. The number of hydrogen-bond acceptors (Lipinski definition) is 4. The third-order valence-corrected chi connectivity index (χ3v) is 2.40. The SMILES string of the molecule is Cn1ncc(N)c1NC(=O)CCc1ccco1. The minimum absolute atomic E-state index is 0.114. The second kappa shape index (κ2) is 4.73. The van der Waals surface area contributed by atoms with Crippen molar-refractivity contribution in [3.8, 4) is 0 Å². The van der Waals surface area contributed by atoms with E-state index in [1.807, 2.05) is 6.07 Å². The average molecular weight is 234 g/mol. The third-order valence-electron chi connectivity index (χ3n) is 2.40. The summed E-state index contributed by atoms with van der Waals surface area (Å²) < 4.78 is 6.67. The second-order valence-corrected chi connectivity index (χ2v) is 3.70. The van der Waals surface area contributed by atoms with Crippen molar-refractivity contribution in [2.24, 2.45) is 7.05 Å². The minimum atomic E-state index is -0.114. The number of furan rings is 1. The lowest BCUT2D eigenvalue weighted by Gasteiger charge is -2.05. The van der Waals surface area contributed by atoms with Crippen molar-refractivity contribution < 1.29 is 9.21 Å². The van der Waals surface area contributed by atoms with Gasteiger partial charge in [-0.05, 0) is 12.1 Å². The second-order valence-electron chi connectivity index (χ2n) is 3.70. The van der Waals surface area contributed by atoms with Gasteiger partial charge < -0.3 is 15.5 Å². The normalized spacial score (nSPS) is 10.4. The lowest BCUT2D eigenvalue weighted by molar-refractivity contribution is -0.116. The Morgan fingerprint density at radius 3 is 3.06 bits per heavy atom. The Morgan fingerprint density at radius 1 is 1.65 bits per heavy atom. The number of hydrogen-bond donors (Lipinski definition) is 2. The molecule has 0 radical (unpaired) electrons. The molecule has 0 saturated carbocycles. The number of nitrogen functional groups attached to an aromatic ring is 1. The zero-order valence-corrected chi connectivity index (χ0v) is 9.51. The van der Waals surface area contributed by atoms with Crippen LogP contribution in [0.25, 0.3) is 0 Å². The van der Waals surface area contributed by atoms with Crippen molar-refractivity contribution in [1.82, 2.24) is 9.78 Å². The van der Waals surface area contributed by atoms with Gasteiger partial charge in [0.05, 0.1) is 18.1 Å². The number of carbonyl (C=O) groups is 1. The molecule has 6 heteroatoms. The molecule has 3 N–H and O–H groups in total. The lowest BCUT2D eigenvalue weighted by Crippen LogP contribution is -2.15. The maximum absolute atomic E-state index is 11.7. The molecular formula is C11H14N4O2. The highest BCUT2D eigenvalue weighted by molar-refractivity contribution is 5.92. The van der Waals surface area contributed by atoms with E-state index in [1.54, 1.807) is 19.4 Å². The van der Waals surface area contributed by atoms with Gasteiger partial charge in [0.15, 0.2) is 5.82 Å². The summed E-state index contributed by atoms with van der Waals surface area (Å²) in [5, 5.41) is 6.65. The van der Waals surface area contributed by atoms with E-state index in [-0.39, 0.29) is 5.91 Å². The van der Waals surface area contributed by atoms with Gasteiger partial charge in [0.1, 0.15) is 5.76 Å². The fourth-order valence-electron chi connectivity index (χ4n) is 1.49. The van der Waals surface area contributed by atoms with Crippen LogP contribution in [0.1, 0.15) is 12.2 Å². The Morgan fingerprint density at radius 2 is 2.47 bits per heavy atom. The highest BCUT2D eigenvalue weighted by Gasteiger charge is 2.10. The smallest absolute Gasteiger partial charge is 0.226 e. The molecule has 0 bridgehead atoms. The fourth-order valence-corrected chi connectivity index (χ4v) is 1.49. The summed E-state index contributed by atoms with van der Waals surface area (Å²) in [5.74, 6) is 1.20. The summed E-state index contributed by atoms with van der Waals surface area (Å²) in [7, 11) is 1.72. The van der Waals surface area contributed by atoms with Crippen LogP contribution in [-0.2, 0) is 18.3 Å². The number of anilines is 2. The number of rotatable bonds is 4. The Hall–Kier alpha value is -2.24. The van der Waals surface area contributed by atoms with E-state index in [9.17, 15) is 4.79 Å². The van der Waals surface area contributed by atoms with Gasteiger partial charge in [-0.1, -0.05) is 0 Å². The van der Waals surface area contributed by atoms with Crippen LogP contribution in [0, 0.1) is 0 Å². The molecule has 0 atom stereocenters. The summed E-state index contributed by atoms with van der Waals surface area (Å²) in [6, 6.07) is 3.64. The molecule has 0 spiro atoms. The van der Waals surface area contributed by atoms with E-state index in [4.69, 9.17) is 10.2 Å². The Bertz CT molecular complexity index is 482. The van der Waals surface area contributed by atoms with Crippen molar-refractivity contribution in [1.29, 1.82) is 0 Å². The Labute approximate surface area is 98.4 Å². The number of aryl methyl sites for hydroxylation is 2. The van der Waals surface area contributed by atoms with Crippen LogP contribution in [0.5, 0.6) is 0 Å². The lowest BCUT2D eigenvalue weighted by atomic mass is 10.2. The van der Waals surface area contributed by atoms with Crippen molar-refractivity contribution >= 4 is 17.4 Å². The quantitative estimate of drug-likeness (QED) is 0.831. The molecule has 0 aliphatic rings. The van der Waals surface area contributed by atoms with Crippen LogP contribution in [0.15, 0.2) is 29.0 Å². The topological polar surface area (TPSA) is 86.1 Å². The van der Waals surface area contributed by atoms with Crippen LogP contribution in [-0.4, -0.2) is 15.7 Å². The van der Waals surface area contributed by atoms with E-state index < -0.39 is 0 Å². The molecule has 90 valence electrons. The van der Waals surface area contributed by atoms with Gasteiger partial charge in [-0.25, -0.2) is 0 Å². The molecule has 0 unspecified atom stereocenters. The standard InChI is InChI=1S/C11H14N4O2/c1-15-11(9(12)7-13-15)14-10(16)5-4-8-3-2-6-17-8/h2-3,6-7H,4-5,12H2,1H3,(H,14,16). The van der Waals surface area contributed by atoms with Crippen LogP contribution in [0.2, 0.25) is 0 Å². The summed E-state index contributed by atoms with van der Waals surface area (Å²) >= 11 is 0. The van der Waals surface area contributed by atoms with Crippen molar-refractivity contribution in [3.63, 3.8) is 0 Å². The van der Waals surface area contributed by atoms with E-state index in [0.717, 1.165) is 5.76 Å². The number of aromatic nitrogens is 2. The number of nitrogens with two attached hydrogens (primary N) is 1. The van der Waals surface area contributed by atoms with Gasteiger partial charge >= 0.3 is 0 Å². The predicted molar refractivity (Wildman–Crippen MR) is 63.3 cm³/mol. The summed E-state index contributed by atoms with van der Waals surface area (Å²) in [6.45, 7) is 0. The van der Waals surface area contributed by atoms with Crippen molar-refractivity contribution in [2.75, 3.05) is 11.1 Å². The maximum atomic E-state index is 11.7. The van der Waals surface area contributed by atoms with Crippen LogP contribution >= 0.6 is 0 Å². The largest absolute Gasteiger partial charge is 0.469 e. The van der Waals surface area contributed by atoms with E-state index in [0.29, 0.717) is 24.3 Å². The monoisotopic (exact) mass is 234 g/mol. The highest BCUT2D eigenvalue weighted by Crippen LogP contribution is 2.16. The van der Waals surface area contributed by atoms with E-state index >= 15 is 0 Å². The molecule has 6 nitrogen and oxygen atoms in total. The first-order valence-electron chi connectivity index (χ1n) is 5.26. The summed E-state index contributed by atoms with van der Waals surface area (Å²) in [4.78, 5) is 11.7. The van der Waals surface area contributed by atoms with E-state index in [1.165, 1.54) is 10.9 Å². The summed E-state index contributed by atoms with van der Waals surface area (Å²) in [5.41, 5.74) is 6.12. The number of amides is 1. The molecule has 2 aromatic rings. The zero-order valence-electron chi connectivity index (χ0n) is 9.51.